The van der Waals surface area contributed by atoms with Gasteiger partial charge in [-0.15, -0.1) is 0 Å². The Hall–Kier alpha value is -0.620. The summed E-state index contributed by atoms with van der Waals surface area (Å²) in [6, 6.07) is 0. The smallest absolute Gasteiger partial charge is 0.323 e. The van der Waals surface area contributed by atoms with Crippen molar-refractivity contribution in [3.63, 3.8) is 0 Å². The first kappa shape index (κ1) is 12.4. The molecule has 6 heteroatoms. The Kier molecular flexibility index (Phi) is 4.53. The molecule has 88 valence electrons. The van der Waals surface area contributed by atoms with Gasteiger partial charge in [0.1, 0.15) is 0 Å². The lowest BCUT2D eigenvalue weighted by atomic mass is 9.90. The molecule has 5 nitrogen and oxygen atoms in total. The molecule has 0 amide bonds. The molecule has 0 aromatic carbocycles. The van der Waals surface area contributed by atoms with E-state index < -0.39 is 21.8 Å². The molecule has 1 aliphatic carbocycles. The highest BCUT2D eigenvalue weighted by atomic mass is 32.2. The minimum atomic E-state index is -4.25. The minimum Gasteiger partial charge on any atom is -0.465 e. The van der Waals surface area contributed by atoms with Crippen molar-refractivity contribution in [2.75, 3.05) is 12.4 Å². The first-order valence-electron chi connectivity index (χ1n) is 5.08. The Bertz CT molecular complexity index is 302. The maximum absolute atomic E-state index is 10.9. The second kappa shape index (κ2) is 5.46. The van der Waals surface area contributed by atoms with Crippen LogP contribution >= 0.6 is 0 Å². The molecule has 1 N–H and O–H groups in total. The Balaban J connectivity index is 2.21. The van der Waals surface area contributed by atoms with Gasteiger partial charge in [-0.05, 0) is 18.8 Å². The fourth-order valence-corrected chi connectivity index (χ4v) is 2.14. The van der Waals surface area contributed by atoms with Crippen molar-refractivity contribution in [1.29, 1.82) is 0 Å². The molecule has 0 aromatic rings. The van der Waals surface area contributed by atoms with E-state index >= 15 is 0 Å². The standard InChI is InChI=1S/C9H16O5S/c10-9(7-15(11,12)13)14-6-8-4-2-1-3-5-8/h8H,1-7H2,(H,11,12,13). The zero-order valence-corrected chi connectivity index (χ0v) is 9.33. The fourth-order valence-electron chi connectivity index (χ4n) is 1.76. The molecule has 1 rings (SSSR count). The number of carbonyl (C=O) groups is 1. The van der Waals surface area contributed by atoms with Crippen molar-refractivity contribution in [3.05, 3.63) is 0 Å². The van der Waals surface area contributed by atoms with Crippen LogP contribution in [0.15, 0.2) is 0 Å². The van der Waals surface area contributed by atoms with Crippen LogP contribution in [0.5, 0.6) is 0 Å². The van der Waals surface area contributed by atoms with E-state index in [1.165, 1.54) is 6.42 Å². The monoisotopic (exact) mass is 236 g/mol. The van der Waals surface area contributed by atoms with Crippen LogP contribution in [0.3, 0.4) is 0 Å². The van der Waals surface area contributed by atoms with Gasteiger partial charge >= 0.3 is 5.97 Å². The van der Waals surface area contributed by atoms with E-state index in [9.17, 15) is 13.2 Å². The van der Waals surface area contributed by atoms with Gasteiger partial charge in [0, 0.05) is 0 Å². The van der Waals surface area contributed by atoms with Crippen molar-refractivity contribution in [2.45, 2.75) is 32.1 Å². The van der Waals surface area contributed by atoms with Gasteiger partial charge in [-0.3, -0.25) is 9.35 Å². The zero-order chi connectivity index (χ0) is 11.3. The molecular formula is C9H16O5S. The number of carbonyl (C=O) groups excluding carboxylic acids is 1. The molecule has 0 atom stereocenters. The first-order valence-corrected chi connectivity index (χ1v) is 6.69. The molecule has 0 saturated heterocycles. The van der Waals surface area contributed by atoms with E-state index in [0.717, 1.165) is 25.7 Å². The second-order valence-electron chi connectivity index (χ2n) is 3.91. The van der Waals surface area contributed by atoms with Crippen LogP contribution in [-0.2, 0) is 19.6 Å². The van der Waals surface area contributed by atoms with E-state index in [1.54, 1.807) is 0 Å². The third-order valence-electron chi connectivity index (χ3n) is 2.51. The van der Waals surface area contributed by atoms with Gasteiger partial charge in [0.15, 0.2) is 5.75 Å². The third kappa shape index (κ3) is 5.74. The highest BCUT2D eigenvalue weighted by Crippen LogP contribution is 2.23. The van der Waals surface area contributed by atoms with Crippen LogP contribution in [0.25, 0.3) is 0 Å². The quantitative estimate of drug-likeness (QED) is 0.581. The molecule has 1 saturated carbocycles. The van der Waals surface area contributed by atoms with Gasteiger partial charge in [-0.2, -0.15) is 8.42 Å². The summed E-state index contributed by atoms with van der Waals surface area (Å²) >= 11 is 0. The summed E-state index contributed by atoms with van der Waals surface area (Å²) in [6.45, 7) is 0.272. The average Bonchev–Trinajstić information content (AvgIpc) is 2.14. The molecule has 0 spiro atoms. The van der Waals surface area contributed by atoms with Crippen molar-refractivity contribution < 1.29 is 22.5 Å². The van der Waals surface area contributed by atoms with Crippen molar-refractivity contribution in [1.82, 2.24) is 0 Å². The summed E-state index contributed by atoms with van der Waals surface area (Å²) in [5.74, 6) is -1.47. The molecule has 0 radical (unpaired) electrons. The third-order valence-corrected chi connectivity index (χ3v) is 3.11. The SMILES string of the molecule is O=C(CS(=O)(=O)O)OCC1CCCCC1. The van der Waals surface area contributed by atoms with Gasteiger partial charge in [0.2, 0.25) is 0 Å². The first-order chi connectivity index (χ1) is 6.97. The number of rotatable bonds is 4. The van der Waals surface area contributed by atoms with Crippen LogP contribution in [0, 0.1) is 5.92 Å². The summed E-state index contributed by atoms with van der Waals surface area (Å²) in [4.78, 5) is 10.9. The number of esters is 1. The molecule has 1 fully saturated rings. The van der Waals surface area contributed by atoms with Gasteiger partial charge in [0.25, 0.3) is 10.1 Å². The van der Waals surface area contributed by atoms with Crippen LogP contribution in [0.1, 0.15) is 32.1 Å². The molecule has 1 aliphatic rings. The lowest BCUT2D eigenvalue weighted by Gasteiger charge is -2.20. The van der Waals surface area contributed by atoms with E-state index in [0.29, 0.717) is 5.92 Å². The van der Waals surface area contributed by atoms with Crippen molar-refractivity contribution in [2.24, 2.45) is 5.92 Å². The Morgan fingerprint density at radius 1 is 1.27 bits per heavy atom. The topological polar surface area (TPSA) is 80.7 Å². The maximum Gasteiger partial charge on any atom is 0.323 e. The van der Waals surface area contributed by atoms with Crippen LogP contribution < -0.4 is 0 Å². The van der Waals surface area contributed by atoms with Gasteiger partial charge in [0.05, 0.1) is 6.61 Å². The summed E-state index contributed by atoms with van der Waals surface area (Å²) in [7, 11) is -4.25. The van der Waals surface area contributed by atoms with Gasteiger partial charge < -0.3 is 4.74 Å². The van der Waals surface area contributed by atoms with Crippen LogP contribution in [-0.4, -0.2) is 31.3 Å². The molecule has 15 heavy (non-hydrogen) atoms. The normalized spacial score (nSPS) is 18.7. The van der Waals surface area contributed by atoms with E-state index in [4.69, 9.17) is 9.29 Å². The largest absolute Gasteiger partial charge is 0.465 e. The minimum absolute atomic E-state index is 0.272. The summed E-state index contributed by atoms with van der Waals surface area (Å²) in [6.07, 6.45) is 5.55. The Labute approximate surface area is 89.6 Å². The molecule has 0 unspecified atom stereocenters. The predicted octanol–water partition coefficient (Wildman–Crippen LogP) is 0.998. The van der Waals surface area contributed by atoms with Crippen LogP contribution in [0.2, 0.25) is 0 Å². The number of ether oxygens (including phenoxy) is 1. The highest BCUT2D eigenvalue weighted by molar-refractivity contribution is 7.86. The molecule has 0 aromatic heterocycles. The molecule has 0 aliphatic heterocycles. The molecule has 0 bridgehead atoms. The zero-order valence-electron chi connectivity index (χ0n) is 8.52. The van der Waals surface area contributed by atoms with Crippen molar-refractivity contribution in [3.8, 4) is 0 Å². The van der Waals surface area contributed by atoms with Gasteiger partial charge in [-0.1, -0.05) is 19.3 Å². The summed E-state index contributed by atoms with van der Waals surface area (Å²) in [5.41, 5.74) is 0. The average molecular weight is 236 g/mol. The lowest BCUT2D eigenvalue weighted by molar-refractivity contribution is -0.142. The second-order valence-corrected chi connectivity index (χ2v) is 5.37. The molecular weight excluding hydrogens is 220 g/mol. The summed E-state index contributed by atoms with van der Waals surface area (Å²) in [5, 5.41) is 0. The Morgan fingerprint density at radius 2 is 1.87 bits per heavy atom. The Morgan fingerprint density at radius 3 is 2.40 bits per heavy atom. The lowest BCUT2D eigenvalue weighted by Crippen LogP contribution is -2.22. The number of hydrogen-bond acceptors (Lipinski definition) is 4. The number of hydrogen-bond donors (Lipinski definition) is 1. The van der Waals surface area contributed by atoms with E-state index in [1.807, 2.05) is 0 Å². The predicted molar refractivity (Wildman–Crippen MR) is 53.9 cm³/mol. The summed E-state index contributed by atoms with van der Waals surface area (Å²) < 4.78 is 33.9. The maximum atomic E-state index is 10.9. The van der Waals surface area contributed by atoms with Gasteiger partial charge in [-0.25, -0.2) is 0 Å². The van der Waals surface area contributed by atoms with Crippen molar-refractivity contribution >= 4 is 16.1 Å². The molecule has 0 heterocycles. The van der Waals surface area contributed by atoms with E-state index in [-0.39, 0.29) is 6.61 Å². The van der Waals surface area contributed by atoms with Crippen LogP contribution in [0.4, 0.5) is 0 Å². The highest BCUT2D eigenvalue weighted by Gasteiger charge is 2.18. The van der Waals surface area contributed by atoms with E-state index in [2.05, 4.69) is 0 Å². The fraction of sp³-hybridized carbons (Fsp3) is 0.889.